The number of aliphatic hydroxyl groups is 1. The van der Waals surface area contributed by atoms with Gasteiger partial charge >= 0.3 is 0 Å². The largest absolute Gasteiger partial charge is 0.396 e. The molecule has 5 nitrogen and oxygen atoms in total. The molecule has 1 atom stereocenters. The first-order chi connectivity index (χ1) is 9.36. The molecule has 0 amide bonds. The van der Waals surface area contributed by atoms with Crippen molar-refractivity contribution >= 4 is 10.0 Å². The van der Waals surface area contributed by atoms with Gasteiger partial charge in [0.05, 0.1) is 4.90 Å². The van der Waals surface area contributed by atoms with Crippen LogP contribution in [0.15, 0.2) is 29.2 Å². The molecule has 0 bridgehead atoms. The highest BCUT2D eigenvalue weighted by Gasteiger charge is 2.13. The lowest BCUT2D eigenvalue weighted by atomic mass is 10.1. The van der Waals surface area contributed by atoms with Gasteiger partial charge in [-0.05, 0) is 57.5 Å². The maximum Gasteiger partial charge on any atom is 0.238 e. The van der Waals surface area contributed by atoms with Gasteiger partial charge in [-0.2, -0.15) is 0 Å². The quantitative estimate of drug-likeness (QED) is 0.712. The van der Waals surface area contributed by atoms with Gasteiger partial charge in [0.15, 0.2) is 0 Å². The summed E-state index contributed by atoms with van der Waals surface area (Å²) in [5.74, 6) is 0. The molecule has 0 heterocycles. The number of hydrogen-bond donors (Lipinski definition) is 2. The van der Waals surface area contributed by atoms with Gasteiger partial charge in [0.1, 0.15) is 0 Å². The minimum absolute atomic E-state index is 0.138. The zero-order valence-corrected chi connectivity index (χ0v) is 12.9. The maximum atomic E-state index is 11.2. The van der Waals surface area contributed by atoms with Crippen molar-refractivity contribution in [2.45, 2.75) is 37.1 Å². The van der Waals surface area contributed by atoms with E-state index in [-0.39, 0.29) is 17.5 Å². The Kier molecular flexibility index (Phi) is 6.61. The fourth-order valence-corrected chi connectivity index (χ4v) is 2.55. The SMILES string of the molecule is CC(c1ccc(S(N)(=O)=O)cc1)N(C)CCCCCO. The fraction of sp³-hybridized carbons (Fsp3) is 0.571. The van der Waals surface area contributed by atoms with Crippen molar-refractivity contribution in [2.75, 3.05) is 20.2 Å². The second kappa shape index (κ2) is 7.73. The lowest BCUT2D eigenvalue weighted by Crippen LogP contribution is -2.23. The lowest BCUT2D eigenvalue weighted by Gasteiger charge is -2.25. The summed E-state index contributed by atoms with van der Waals surface area (Å²) < 4.78 is 22.4. The average molecular weight is 300 g/mol. The van der Waals surface area contributed by atoms with Crippen LogP contribution in [0.5, 0.6) is 0 Å². The van der Waals surface area contributed by atoms with Crippen LogP contribution < -0.4 is 5.14 Å². The summed E-state index contributed by atoms with van der Waals surface area (Å²) in [4.78, 5) is 2.35. The van der Waals surface area contributed by atoms with Crippen LogP contribution in [-0.4, -0.2) is 38.6 Å². The summed E-state index contributed by atoms with van der Waals surface area (Å²) in [6.45, 7) is 3.27. The standard InChI is InChI=1S/C14H24N2O3S/c1-12(16(2)10-4-3-5-11-17)13-6-8-14(9-7-13)20(15,18)19/h6-9,12,17H,3-5,10-11H2,1-2H3,(H2,15,18,19). The smallest absolute Gasteiger partial charge is 0.238 e. The molecule has 0 aromatic heterocycles. The van der Waals surface area contributed by atoms with Crippen molar-refractivity contribution in [3.05, 3.63) is 29.8 Å². The lowest BCUT2D eigenvalue weighted by molar-refractivity contribution is 0.244. The van der Waals surface area contributed by atoms with Crippen molar-refractivity contribution < 1.29 is 13.5 Å². The van der Waals surface area contributed by atoms with Gasteiger partial charge in [-0.25, -0.2) is 13.6 Å². The number of nitrogens with zero attached hydrogens (tertiary/aromatic N) is 1. The fourth-order valence-electron chi connectivity index (χ4n) is 2.03. The molecule has 6 heteroatoms. The van der Waals surface area contributed by atoms with E-state index in [1.54, 1.807) is 24.3 Å². The summed E-state index contributed by atoms with van der Waals surface area (Å²) in [5.41, 5.74) is 1.06. The third-order valence-electron chi connectivity index (χ3n) is 3.52. The van der Waals surface area contributed by atoms with Crippen LogP contribution in [0.3, 0.4) is 0 Å². The Bertz CT molecular complexity index is 500. The molecule has 1 aromatic rings. The Morgan fingerprint density at radius 1 is 1.20 bits per heavy atom. The predicted molar refractivity (Wildman–Crippen MR) is 79.8 cm³/mol. The Morgan fingerprint density at radius 2 is 1.80 bits per heavy atom. The van der Waals surface area contributed by atoms with Gasteiger partial charge in [0.2, 0.25) is 10.0 Å². The minimum Gasteiger partial charge on any atom is -0.396 e. The normalized spacial score (nSPS) is 13.7. The molecule has 0 spiro atoms. The number of benzene rings is 1. The summed E-state index contributed by atoms with van der Waals surface area (Å²) in [6.07, 6.45) is 2.89. The Labute approximate surface area is 121 Å². The third kappa shape index (κ3) is 5.20. The number of primary sulfonamides is 1. The Hall–Kier alpha value is -0.950. The van der Waals surface area contributed by atoms with E-state index >= 15 is 0 Å². The second-order valence-electron chi connectivity index (χ2n) is 5.05. The van der Waals surface area contributed by atoms with Gasteiger partial charge in [0.25, 0.3) is 0 Å². The van der Waals surface area contributed by atoms with E-state index in [1.807, 2.05) is 7.05 Å². The molecule has 1 rings (SSSR count). The number of sulfonamides is 1. The number of nitrogens with two attached hydrogens (primary N) is 1. The summed E-state index contributed by atoms with van der Waals surface area (Å²) in [7, 11) is -1.58. The predicted octanol–water partition coefficient (Wildman–Crippen LogP) is 1.49. The van der Waals surface area contributed by atoms with E-state index in [9.17, 15) is 8.42 Å². The molecule has 0 aliphatic heterocycles. The maximum absolute atomic E-state index is 11.2. The van der Waals surface area contributed by atoms with Gasteiger partial charge in [-0.15, -0.1) is 0 Å². The van der Waals surface area contributed by atoms with E-state index in [0.29, 0.717) is 0 Å². The van der Waals surface area contributed by atoms with Crippen LogP contribution in [0.1, 0.15) is 37.8 Å². The summed E-state index contributed by atoms with van der Waals surface area (Å²) in [6, 6.07) is 6.89. The highest BCUT2D eigenvalue weighted by atomic mass is 32.2. The molecule has 3 N–H and O–H groups in total. The zero-order chi connectivity index (χ0) is 15.2. The molecule has 20 heavy (non-hydrogen) atoms. The van der Waals surface area contributed by atoms with E-state index < -0.39 is 10.0 Å². The molecule has 0 fully saturated rings. The van der Waals surface area contributed by atoms with Crippen molar-refractivity contribution in [1.82, 2.24) is 4.90 Å². The highest BCUT2D eigenvalue weighted by Crippen LogP contribution is 2.20. The van der Waals surface area contributed by atoms with Crippen molar-refractivity contribution in [2.24, 2.45) is 5.14 Å². The number of hydrogen-bond acceptors (Lipinski definition) is 4. The number of unbranched alkanes of at least 4 members (excludes halogenated alkanes) is 2. The molecule has 0 saturated carbocycles. The topological polar surface area (TPSA) is 83.6 Å². The monoisotopic (exact) mass is 300 g/mol. The third-order valence-corrected chi connectivity index (χ3v) is 4.45. The van der Waals surface area contributed by atoms with Gasteiger partial charge in [-0.3, -0.25) is 4.90 Å². The van der Waals surface area contributed by atoms with Gasteiger partial charge in [-0.1, -0.05) is 12.1 Å². The van der Waals surface area contributed by atoms with Crippen molar-refractivity contribution in [3.8, 4) is 0 Å². The Morgan fingerprint density at radius 3 is 2.30 bits per heavy atom. The Balaban J connectivity index is 2.60. The van der Waals surface area contributed by atoms with Crippen LogP contribution in [-0.2, 0) is 10.0 Å². The molecule has 0 aliphatic carbocycles. The van der Waals surface area contributed by atoms with E-state index in [4.69, 9.17) is 10.2 Å². The van der Waals surface area contributed by atoms with Crippen LogP contribution in [0.25, 0.3) is 0 Å². The second-order valence-corrected chi connectivity index (χ2v) is 6.62. The summed E-state index contributed by atoms with van der Waals surface area (Å²) >= 11 is 0. The van der Waals surface area contributed by atoms with E-state index in [0.717, 1.165) is 31.4 Å². The van der Waals surface area contributed by atoms with Crippen LogP contribution >= 0.6 is 0 Å². The first-order valence-electron chi connectivity index (χ1n) is 6.80. The van der Waals surface area contributed by atoms with Crippen molar-refractivity contribution in [1.29, 1.82) is 0 Å². The molecular formula is C14H24N2O3S. The van der Waals surface area contributed by atoms with Crippen LogP contribution in [0.4, 0.5) is 0 Å². The summed E-state index contributed by atoms with van der Waals surface area (Å²) in [5, 5.41) is 13.8. The number of rotatable bonds is 8. The van der Waals surface area contributed by atoms with Gasteiger partial charge in [0, 0.05) is 12.6 Å². The molecule has 0 radical (unpaired) electrons. The first-order valence-corrected chi connectivity index (χ1v) is 8.34. The highest BCUT2D eigenvalue weighted by molar-refractivity contribution is 7.89. The molecule has 0 aliphatic rings. The first kappa shape index (κ1) is 17.1. The minimum atomic E-state index is -3.62. The molecule has 0 saturated heterocycles. The van der Waals surface area contributed by atoms with Crippen molar-refractivity contribution in [3.63, 3.8) is 0 Å². The molecule has 1 aromatic carbocycles. The zero-order valence-electron chi connectivity index (χ0n) is 12.1. The van der Waals surface area contributed by atoms with E-state index in [2.05, 4.69) is 11.8 Å². The average Bonchev–Trinajstić information content (AvgIpc) is 2.41. The van der Waals surface area contributed by atoms with Crippen LogP contribution in [0.2, 0.25) is 0 Å². The molecule has 114 valence electrons. The molecular weight excluding hydrogens is 276 g/mol. The van der Waals surface area contributed by atoms with E-state index in [1.165, 1.54) is 0 Å². The van der Waals surface area contributed by atoms with Crippen LogP contribution in [0, 0.1) is 0 Å². The molecule has 1 unspecified atom stereocenters. The van der Waals surface area contributed by atoms with Gasteiger partial charge < -0.3 is 5.11 Å². The number of aliphatic hydroxyl groups excluding tert-OH is 1.